The lowest BCUT2D eigenvalue weighted by molar-refractivity contribution is 0.626. The summed E-state index contributed by atoms with van der Waals surface area (Å²) in [4.78, 5) is 0. The van der Waals surface area contributed by atoms with Crippen LogP contribution in [0.25, 0.3) is 0 Å². The van der Waals surface area contributed by atoms with E-state index < -0.39 is 0 Å². The monoisotopic (exact) mass is 285 g/mol. The first-order chi connectivity index (χ1) is 7.19. The molecule has 0 bridgehead atoms. The molecule has 0 amide bonds. The molecule has 0 aliphatic carbocycles. The number of hydrogen-bond acceptors (Lipinski definition) is 1. The number of rotatable bonds is 4. The number of hydrogen-bond donors (Lipinski definition) is 1. The summed E-state index contributed by atoms with van der Waals surface area (Å²) in [5, 5.41) is 3.98. The van der Waals surface area contributed by atoms with E-state index in [1.807, 2.05) is 18.2 Å². The molecule has 1 aromatic carbocycles. The third-order valence-corrected chi connectivity index (χ3v) is 3.26. The van der Waals surface area contributed by atoms with Crippen molar-refractivity contribution >= 4 is 27.5 Å². The molecule has 15 heavy (non-hydrogen) atoms. The van der Waals surface area contributed by atoms with Gasteiger partial charge in [-0.25, -0.2) is 0 Å². The summed E-state index contributed by atoms with van der Waals surface area (Å²) in [6.07, 6.45) is 6.54. The normalized spacial score (nSPS) is 12.1. The number of nitrogens with one attached hydrogen (secondary N) is 1. The molecule has 3 heteroatoms. The Labute approximate surface area is 104 Å². The molecule has 0 aliphatic rings. The van der Waals surface area contributed by atoms with Crippen molar-refractivity contribution in [1.82, 2.24) is 5.32 Å². The van der Waals surface area contributed by atoms with Gasteiger partial charge in [-0.3, -0.25) is 0 Å². The Bertz CT molecular complexity index is 370. The zero-order chi connectivity index (χ0) is 11.3. The van der Waals surface area contributed by atoms with Gasteiger partial charge in [-0.05, 0) is 46.6 Å². The average molecular weight is 287 g/mol. The van der Waals surface area contributed by atoms with Crippen LogP contribution in [0, 0.1) is 12.3 Å². The first-order valence-electron chi connectivity index (χ1n) is 4.83. The van der Waals surface area contributed by atoms with Crippen LogP contribution in [0.5, 0.6) is 0 Å². The molecule has 1 N–H and O–H groups in total. The van der Waals surface area contributed by atoms with Crippen molar-refractivity contribution < 1.29 is 0 Å². The van der Waals surface area contributed by atoms with Gasteiger partial charge in [0.2, 0.25) is 0 Å². The predicted molar refractivity (Wildman–Crippen MR) is 69.0 cm³/mol. The quantitative estimate of drug-likeness (QED) is 0.831. The Morgan fingerprint density at radius 3 is 2.87 bits per heavy atom. The third kappa shape index (κ3) is 3.53. The summed E-state index contributed by atoms with van der Waals surface area (Å²) in [6.45, 7) is 3.02. The second-order valence-electron chi connectivity index (χ2n) is 3.23. The van der Waals surface area contributed by atoms with E-state index in [-0.39, 0.29) is 6.04 Å². The van der Waals surface area contributed by atoms with Crippen molar-refractivity contribution in [2.75, 3.05) is 6.54 Å². The molecule has 80 valence electrons. The molecule has 0 spiro atoms. The fraction of sp³-hybridized carbons (Fsp3) is 0.333. The van der Waals surface area contributed by atoms with Crippen molar-refractivity contribution in [2.45, 2.75) is 19.4 Å². The summed E-state index contributed by atoms with van der Waals surface area (Å²) in [7, 11) is 0. The zero-order valence-corrected chi connectivity index (χ0v) is 10.9. The lowest BCUT2D eigenvalue weighted by Gasteiger charge is -2.13. The van der Waals surface area contributed by atoms with E-state index in [0.29, 0.717) is 5.02 Å². The summed E-state index contributed by atoms with van der Waals surface area (Å²) in [5.41, 5.74) is 1.06. The van der Waals surface area contributed by atoms with Gasteiger partial charge in [-0.1, -0.05) is 30.5 Å². The maximum absolute atomic E-state index is 5.91. The molecule has 0 aromatic heterocycles. The van der Waals surface area contributed by atoms with Crippen LogP contribution >= 0.6 is 27.5 Å². The molecule has 0 aliphatic heterocycles. The predicted octanol–water partition coefficient (Wildman–Crippen LogP) is 3.78. The average Bonchev–Trinajstić information content (AvgIpc) is 2.24. The second-order valence-corrected chi connectivity index (χ2v) is 4.49. The first kappa shape index (κ1) is 12.6. The van der Waals surface area contributed by atoms with Crippen LogP contribution in [0.2, 0.25) is 5.02 Å². The maximum Gasteiger partial charge on any atom is 0.0943 e. The second kappa shape index (κ2) is 6.17. The Kier molecular flexibility index (Phi) is 5.17. The molecule has 1 rings (SSSR count). The van der Waals surface area contributed by atoms with E-state index in [0.717, 1.165) is 23.0 Å². The highest BCUT2D eigenvalue weighted by molar-refractivity contribution is 9.10. The van der Waals surface area contributed by atoms with Gasteiger partial charge in [0.1, 0.15) is 0 Å². The van der Waals surface area contributed by atoms with E-state index >= 15 is 0 Å². The van der Waals surface area contributed by atoms with Gasteiger partial charge < -0.3 is 5.32 Å². The standard InChI is InChI=1S/C12H13BrClN/c1-3-7-15-12(4-2)9-5-6-11(14)10(13)8-9/h2,5-6,8,12,15H,3,7H2,1H3. The summed E-state index contributed by atoms with van der Waals surface area (Å²) < 4.78 is 0.875. The zero-order valence-electron chi connectivity index (χ0n) is 8.56. The van der Waals surface area contributed by atoms with E-state index in [1.54, 1.807) is 0 Å². The molecule has 1 atom stereocenters. The van der Waals surface area contributed by atoms with Crippen molar-refractivity contribution in [3.8, 4) is 12.3 Å². The Morgan fingerprint density at radius 1 is 1.60 bits per heavy atom. The lowest BCUT2D eigenvalue weighted by Crippen LogP contribution is -2.20. The van der Waals surface area contributed by atoms with Gasteiger partial charge in [0.25, 0.3) is 0 Å². The van der Waals surface area contributed by atoms with Gasteiger partial charge >= 0.3 is 0 Å². The van der Waals surface area contributed by atoms with Gasteiger partial charge in [0.15, 0.2) is 0 Å². The molecule has 0 heterocycles. The van der Waals surface area contributed by atoms with E-state index in [9.17, 15) is 0 Å². The Morgan fingerprint density at radius 2 is 2.33 bits per heavy atom. The Hall–Kier alpha value is -0.490. The van der Waals surface area contributed by atoms with Crippen LogP contribution in [0.3, 0.4) is 0 Å². The number of terminal acetylenes is 1. The third-order valence-electron chi connectivity index (χ3n) is 2.04. The highest BCUT2D eigenvalue weighted by Crippen LogP contribution is 2.25. The smallest absolute Gasteiger partial charge is 0.0943 e. The van der Waals surface area contributed by atoms with Gasteiger partial charge in [-0.2, -0.15) is 0 Å². The van der Waals surface area contributed by atoms with Crippen LogP contribution in [0.15, 0.2) is 22.7 Å². The van der Waals surface area contributed by atoms with E-state index in [2.05, 4.69) is 34.1 Å². The molecule has 0 radical (unpaired) electrons. The van der Waals surface area contributed by atoms with Gasteiger partial charge in [-0.15, -0.1) is 6.42 Å². The number of halogens is 2. The minimum Gasteiger partial charge on any atom is -0.300 e. The van der Waals surface area contributed by atoms with E-state index in [4.69, 9.17) is 18.0 Å². The summed E-state index contributed by atoms with van der Waals surface area (Å²) in [6, 6.07) is 5.70. The fourth-order valence-electron chi connectivity index (χ4n) is 1.25. The molecule has 1 nitrogen and oxygen atoms in total. The highest BCUT2D eigenvalue weighted by atomic mass is 79.9. The maximum atomic E-state index is 5.91. The van der Waals surface area contributed by atoms with Gasteiger partial charge in [0.05, 0.1) is 11.1 Å². The summed E-state index contributed by atoms with van der Waals surface area (Å²) in [5.74, 6) is 2.72. The molecule has 1 unspecified atom stereocenters. The van der Waals surface area contributed by atoms with Crippen molar-refractivity contribution in [3.63, 3.8) is 0 Å². The van der Waals surface area contributed by atoms with Crippen molar-refractivity contribution in [2.24, 2.45) is 0 Å². The van der Waals surface area contributed by atoms with Crippen LogP contribution in [-0.4, -0.2) is 6.54 Å². The highest BCUT2D eigenvalue weighted by Gasteiger charge is 2.08. The summed E-state index contributed by atoms with van der Waals surface area (Å²) >= 11 is 9.30. The van der Waals surface area contributed by atoms with Crippen LogP contribution in [0.4, 0.5) is 0 Å². The van der Waals surface area contributed by atoms with Crippen LogP contribution in [-0.2, 0) is 0 Å². The molecular formula is C12H13BrClN. The van der Waals surface area contributed by atoms with Crippen LogP contribution in [0.1, 0.15) is 24.9 Å². The molecular weight excluding hydrogens is 273 g/mol. The topological polar surface area (TPSA) is 12.0 Å². The number of benzene rings is 1. The van der Waals surface area contributed by atoms with Gasteiger partial charge in [0, 0.05) is 4.47 Å². The molecule has 0 fully saturated rings. The molecule has 0 saturated carbocycles. The lowest BCUT2D eigenvalue weighted by atomic mass is 10.1. The minimum atomic E-state index is -0.0430. The largest absolute Gasteiger partial charge is 0.300 e. The van der Waals surface area contributed by atoms with E-state index in [1.165, 1.54) is 0 Å². The Balaban J connectivity index is 2.84. The molecule has 1 aromatic rings. The minimum absolute atomic E-state index is 0.0430. The SMILES string of the molecule is C#CC(NCCC)c1ccc(Cl)c(Br)c1. The molecule has 0 saturated heterocycles. The fourth-order valence-corrected chi connectivity index (χ4v) is 1.77. The first-order valence-corrected chi connectivity index (χ1v) is 6.00. The van der Waals surface area contributed by atoms with Crippen molar-refractivity contribution in [3.05, 3.63) is 33.3 Å². The van der Waals surface area contributed by atoms with Crippen molar-refractivity contribution in [1.29, 1.82) is 0 Å². The van der Waals surface area contributed by atoms with Crippen LogP contribution < -0.4 is 5.32 Å².